The van der Waals surface area contributed by atoms with E-state index in [1.165, 1.54) is 0 Å². The largest absolute Gasteiger partial charge is 0.497 e. The third-order valence-corrected chi connectivity index (χ3v) is 6.06. The fraction of sp³-hybridized carbons (Fsp3) is 0.286. The summed E-state index contributed by atoms with van der Waals surface area (Å²) in [4.78, 5) is 2.34. The summed E-state index contributed by atoms with van der Waals surface area (Å²) >= 11 is 6.97. The van der Waals surface area contributed by atoms with Gasteiger partial charge in [0.25, 0.3) is 0 Å². The Kier molecular flexibility index (Phi) is 9.23. The summed E-state index contributed by atoms with van der Waals surface area (Å²) in [6.07, 6.45) is 0. The zero-order valence-corrected chi connectivity index (χ0v) is 20.6. The molecule has 3 aromatic carbocycles. The lowest BCUT2D eigenvalue weighted by Crippen LogP contribution is -2.27. The number of ether oxygens (including phenoxy) is 3. The van der Waals surface area contributed by atoms with Gasteiger partial charge in [-0.15, -0.1) is 0 Å². The molecule has 3 rings (SSSR count). The number of hydrogen-bond acceptors (Lipinski definition) is 4. The molecule has 33 heavy (non-hydrogen) atoms. The van der Waals surface area contributed by atoms with Crippen molar-refractivity contribution in [3.8, 4) is 17.2 Å². The number of likely N-dealkylation sites (N-methyl/N-ethyl adjacent to an activating group) is 1. The van der Waals surface area contributed by atoms with Crippen molar-refractivity contribution in [3.63, 3.8) is 0 Å². The maximum Gasteiger partial charge on any atom is 0.119 e. The van der Waals surface area contributed by atoms with Crippen molar-refractivity contribution in [2.75, 3.05) is 40.5 Å². The van der Waals surface area contributed by atoms with Gasteiger partial charge in [-0.3, -0.25) is 0 Å². The average Bonchev–Trinajstić information content (AvgIpc) is 2.88. The Morgan fingerprint density at radius 1 is 0.667 bits per heavy atom. The molecule has 0 aliphatic rings. The lowest BCUT2D eigenvalue weighted by Gasteiger charge is -2.18. The van der Waals surface area contributed by atoms with E-state index in [0.29, 0.717) is 11.6 Å². The summed E-state index contributed by atoms with van der Waals surface area (Å²) in [6, 6.07) is 23.8. The standard InChI is InChI=1S/C28H32ClNO3/c1-5-30(6-2)19-20-33-26-17-9-22(10-18-26)27(21-7-13-24(31-3)14-8-21)28(29)23-11-15-25(32-4)16-12-23/h7-18H,5-6,19-20H2,1-4H3. The maximum atomic E-state index is 6.97. The fourth-order valence-electron chi connectivity index (χ4n) is 3.61. The molecule has 0 fully saturated rings. The molecule has 0 radical (unpaired) electrons. The van der Waals surface area contributed by atoms with E-state index in [4.69, 9.17) is 25.8 Å². The van der Waals surface area contributed by atoms with E-state index in [-0.39, 0.29) is 0 Å². The summed E-state index contributed by atoms with van der Waals surface area (Å²) in [5, 5.41) is 0.665. The lowest BCUT2D eigenvalue weighted by atomic mass is 9.95. The average molecular weight is 466 g/mol. The Morgan fingerprint density at radius 2 is 1.09 bits per heavy atom. The first kappa shape index (κ1) is 24.7. The maximum absolute atomic E-state index is 6.97. The Balaban J connectivity index is 1.91. The molecule has 0 saturated carbocycles. The van der Waals surface area contributed by atoms with Gasteiger partial charge < -0.3 is 19.1 Å². The van der Waals surface area contributed by atoms with Crippen LogP contribution < -0.4 is 14.2 Å². The predicted molar refractivity (Wildman–Crippen MR) is 137 cm³/mol. The second kappa shape index (κ2) is 12.3. The number of methoxy groups -OCH3 is 2. The van der Waals surface area contributed by atoms with Crippen LogP contribution >= 0.6 is 11.6 Å². The van der Waals surface area contributed by atoms with Gasteiger partial charge in [0.05, 0.1) is 19.3 Å². The molecule has 0 aliphatic carbocycles. The van der Waals surface area contributed by atoms with Crippen molar-refractivity contribution in [2.24, 2.45) is 0 Å². The Hall–Kier alpha value is -2.95. The molecule has 0 aromatic heterocycles. The molecule has 0 unspecified atom stereocenters. The van der Waals surface area contributed by atoms with Crippen molar-refractivity contribution in [1.29, 1.82) is 0 Å². The van der Waals surface area contributed by atoms with Crippen LogP contribution in [0, 0.1) is 0 Å². The second-order valence-electron chi connectivity index (χ2n) is 7.55. The molecule has 4 nitrogen and oxygen atoms in total. The number of nitrogens with zero attached hydrogens (tertiary/aromatic N) is 1. The third kappa shape index (κ3) is 6.53. The van der Waals surface area contributed by atoms with E-state index >= 15 is 0 Å². The molecular weight excluding hydrogens is 434 g/mol. The molecule has 0 saturated heterocycles. The smallest absolute Gasteiger partial charge is 0.119 e. The van der Waals surface area contributed by atoms with E-state index in [9.17, 15) is 0 Å². The Morgan fingerprint density at radius 3 is 1.52 bits per heavy atom. The predicted octanol–water partition coefficient (Wildman–Crippen LogP) is 6.58. The van der Waals surface area contributed by atoms with E-state index < -0.39 is 0 Å². The van der Waals surface area contributed by atoms with Crippen LogP contribution in [0.5, 0.6) is 17.2 Å². The highest BCUT2D eigenvalue weighted by Crippen LogP contribution is 2.36. The summed E-state index contributed by atoms with van der Waals surface area (Å²) in [5.74, 6) is 2.44. The highest BCUT2D eigenvalue weighted by molar-refractivity contribution is 6.53. The molecule has 0 heterocycles. The quantitative estimate of drug-likeness (QED) is 0.299. The van der Waals surface area contributed by atoms with Gasteiger partial charge >= 0.3 is 0 Å². The Labute approximate surface area is 202 Å². The molecule has 0 N–H and O–H groups in total. The van der Waals surface area contributed by atoms with Gasteiger partial charge in [-0.25, -0.2) is 0 Å². The molecule has 0 spiro atoms. The molecule has 174 valence electrons. The van der Waals surface area contributed by atoms with Crippen LogP contribution in [0.15, 0.2) is 72.8 Å². The van der Waals surface area contributed by atoms with Crippen molar-refractivity contribution in [3.05, 3.63) is 89.5 Å². The van der Waals surface area contributed by atoms with Gasteiger partial charge in [0, 0.05) is 12.1 Å². The van der Waals surface area contributed by atoms with Gasteiger partial charge in [-0.05, 0) is 78.3 Å². The molecular formula is C28H32ClNO3. The highest BCUT2D eigenvalue weighted by atomic mass is 35.5. The zero-order chi connectivity index (χ0) is 23.6. The van der Waals surface area contributed by atoms with Gasteiger partial charge in [-0.2, -0.15) is 0 Å². The van der Waals surface area contributed by atoms with Crippen LogP contribution in [0.2, 0.25) is 0 Å². The number of halogens is 1. The molecule has 3 aromatic rings. The lowest BCUT2D eigenvalue weighted by molar-refractivity contribution is 0.223. The summed E-state index contributed by atoms with van der Waals surface area (Å²) in [6.45, 7) is 7.96. The SMILES string of the molecule is CCN(CC)CCOc1ccc(C(=C(Cl)c2ccc(OC)cc2)c2ccc(OC)cc2)cc1. The minimum absolute atomic E-state index is 0.662. The summed E-state index contributed by atoms with van der Waals surface area (Å²) in [5.41, 5.74) is 3.88. The van der Waals surface area contributed by atoms with Crippen molar-refractivity contribution in [2.45, 2.75) is 13.8 Å². The van der Waals surface area contributed by atoms with Gasteiger partial charge in [-0.1, -0.05) is 49.7 Å². The van der Waals surface area contributed by atoms with E-state index in [2.05, 4.69) is 30.9 Å². The molecule has 0 amide bonds. The monoisotopic (exact) mass is 465 g/mol. The molecule has 5 heteroatoms. The minimum Gasteiger partial charge on any atom is -0.497 e. The third-order valence-electron chi connectivity index (χ3n) is 5.66. The minimum atomic E-state index is 0.662. The van der Waals surface area contributed by atoms with Crippen LogP contribution in [0.1, 0.15) is 30.5 Å². The van der Waals surface area contributed by atoms with Crippen molar-refractivity contribution >= 4 is 22.2 Å². The van der Waals surface area contributed by atoms with Crippen LogP contribution in [0.25, 0.3) is 10.6 Å². The topological polar surface area (TPSA) is 30.9 Å². The van der Waals surface area contributed by atoms with Crippen LogP contribution in [0.4, 0.5) is 0 Å². The normalized spacial score (nSPS) is 11.8. The zero-order valence-electron chi connectivity index (χ0n) is 19.8. The molecule has 0 bridgehead atoms. The van der Waals surface area contributed by atoms with Gasteiger partial charge in [0.2, 0.25) is 0 Å². The van der Waals surface area contributed by atoms with Crippen LogP contribution in [-0.4, -0.2) is 45.4 Å². The van der Waals surface area contributed by atoms with Crippen LogP contribution in [-0.2, 0) is 0 Å². The van der Waals surface area contributed by atoms with E-state index in [1.807, 2.05) is 60.7 Å². The first-order valence-electron chi connectivity index (χ1n) is 11.2. The van der Waals surface area contributed by atoms with E-state index in [0.717, 1.165) is 59.1 Å². The van der Waals surface area contributed by atoms with Crippen molar-refractivity contribution in [1.82, 2.24) is 4.90 Å². The van der Waals surface area contributed by atoms with Crippen molar-refractivity contribution < 1.29 is 14.2 Å². The summed E-state index contributed by atoms with van der Waals surface area (Å²) < 4.78 is 16.6. The Bertz CT molecular complexity index is 1020. The van der Waals surface area contributed by atoms with Gasteiger partial charge in [0.15, 0.2) is 0 Å². The first-order chi connectivity index (χ1) is 16.1. The molecule has 0 atom stereocenters. The number of rotatable bonds is 11. The van der Waals surface area contributed by atoms with E-state index in [1.54, 1.807) is 14.2 Å². The molecule has 0 aliphatic heterocycles. The second-order valence-corrected chi connectivity index (χ2v) is 7.92. The van der Waals surface area contributed by atoms with Gasteiger partial charge in [0.1, 0.15) is 23.9 Å². The number of hydrogen-bond donors (Lipinski definition) is 0. The first-order valence-corrected chi connectivity index (χ1v) is 11.6. The summed E-state index contributed by atoms with van der Waals surface area (Å²) in [7, 11) is 3.32. The highest BCUT2D eigenvalue weighted by Gasteiger charge is 2.14. The fourth-order valence-corrected chi connectivity index (χ4v) is 3.95. The van der Waals surface area contributed by atoms with Crippen LogP contribution in [0.3, 0.4) is 0 Å². The number of benzene rings is 3.